The monoisotopic (exact) mass is 194 g/mol. The Morgan fingerprint density at radius 3 is 2.14 bits per heavy atom. The first-order valence-corrected chi connectivity index (χ1v) is 6.35. The van der Waals surface area contributed by atoms with Gasteiger partial charge in [-0.3, -0.25) is 0 Å². The number of nitrogens with zero attached hydrogens (tertiary/aromatic N) is 1. The van der Waals surface area contributed by atoms with Crippen LogP contribution >= 0.6 is 0 Å². The Hall–Kier alpha value is -0.0800. The van der Waals surface area contributed by atoms with Crippen LogP contribution in [0.25, 0.3) is 0 Å². The highest BCUT2D eigenvalue weighted by Crippen LogP contribution is 2.36. The van der Waals surface area contributed by atoms with E-state index in [-0.39, 0.29) is 0 Å². The van der Waals surface area contributed by atoms with Crippen LogP contribution in [-0.4, -0.2) is 37.6 Å². The van der Waals surface area contributed by atoms with Crippen LogP contribution in [0.4, 0.5) is 0 Å². The van der Waals surface area contributed by atoms with Crippen molar-refractivity contribution in [3.63, 3.8) is 0 Å². The highest BCUT2D eigenvalue weighted by Gasteiger charge is 2.35. The fraction of sp³-hybridized carbons (Fsp3) is 1.00. The van der Waals surface area contributed by atoms with Crippen LogP contribution in [0.2, 0.25) is 0 Å². The maximum atomic E-state index is 3.37. The fourth-order valence-electron chi connectivity index (χ4n) is 3.49. The van der Waals surface area contributed by atoms with Crippen molar-refractivity contribution in [1.29, 1.82) is 0 Å². The Morgan fingerprint density at radius 2 is 1.64 bits per heavy atom. The van der Waals surface area contributed by atoms with E-state index in [4.69, 9.17) is 0 Å². The van der Waals surface area contributed by atoms with Crippen molar-refractivity contribution in [3.8, 4) is 0 Å². The lowest BCUT2D eigenvalue weighted by Crippen LogP contribution is -2.47. The lowest BCUT2D eigenvalue weighted by Gasteiger charge is -2.31. The molecular weight excluding hydrogens is 172 g/mol. The van der Waals surface area contributed by atoms with Gasteiger partial charge in [0.1, 0.15) is 0 Å². The normalized spacial score (nSPS) is 39.4. The van der Waals surface area contributed by atoms with Gasteiger partial charge in [0.25, 0.3) is 0 Å². The van der Waals surface area contributed by atoms with Gasteiger partial charge in [0, 0.05) is 32.7 Å². The molecule has 2 aliphatic heterocycles. The third kappa shape index (κ3) is 1.70. The third-order valence-electron chi connectivity index (χ3n) is 4.43. The summed E-state index contributed by atoms with van der Waals surface area (Å²) in [5, 5.41) is 3.37. The van der Waals surface area contributed by atoms with Crippen molar-refractivity contribution in [2.75, 3.05) is 32.7 Å². The number of fused-ring (bicyclic) bond motifs is 1. The van der Waals surface area contributed by atoms with Crippen LogP contribution in [0, 0.1) is 17.8 Å². The fourth-order valence-corrected chi connectivity index (χ4v) is 3.49. The molecule has 2 heteroatoms. The average Bonchev–Trinajstić information content (AvgIpc) is 2.53. The van der Waals surface area contributed by atoms with E-state index in [1.807, 2.05) is 0 Å². The van der Waals surface area contributed by atoms with Gasteiger partial charge in [0.15, 0.2) is 0 Å². The number of rotatable bonds is 2. The van der Waals surface area contributed by atoms with Crippen molar-refractivity contribution < 1.29 is 0 Å². The molecule has 3 rings (SSSR count). The Kier molecular flexibility index (Phi) is 2.50. The quantitative estimate of drug-likeness (QED) is 0.713. The first kappa shape index (κ1) is 9.17. The zero-order valence-electron chi connectivity index (χ0n) is 9.04. The molecule has 0 amide bonds. The van der Waals surface area contributed by atoms with Crippen LogP contribution in [0.1, 0.15) is 25.7 Å². The van der Waals surface area contributed by atoms with E-state index in [0.29, 0.717) is 0 Å². The van der Waals surface area contributed by atoms with Crippen molar-refractivity contribution >= 4 is 0 Å². The van der Waals surface area contributed by atoms with E-state index < -0.39 is 0 Å². The average molecular weight is 194 g/mol. The SMILES string of the molecule is C1CCC2CN(CC3CNC3)CC2C1. The van der Waals surface area contributed by atoms with Gasteiger partial charge in [-0.25, -0.2) is 0 Å². The second-order valence-corrected chi connectivity index (χ2v) is 5.55. The van der Waals surface area contributed by atoms with Crippen molar-refractivity contribution in [3.05, 3.63) is 0 Å². The number of nitrogens with one attached hydrogen (secondary N) is 1. The molecule has 0 aromatic heterocycles. The molecule has 0 spiro atoms. The van der Waals surface area contributed by atoms with Crippen LogP contribution in [-0.2, 0) is 0 Å². The van der Waals surface area contributed by atoms with Gasteiger partial charge < -0.3 is 10.2 Å². The second-order valence-electron chi connectivity index (χ2n) is 5.55. The molecule has 2 unspecified atom stereocenters. The zero-order chi connectivity index (χ0) is 9.38. The van der Waals surface area contributed by atoms with Crippen molar-refractivity contribution in [2.24, 2.45) is 17.8 Å². The molecule has 14 heavy (non-hydrogen) atoms. The zero-order valence-corrected chi connectivity index (χ0v) is 9.04. The van der Waals surface area contributed by atoms with Crippen LogP contribution in [0.5, 0.6) is 0 Å². The maximum absolute atomic E-state index is 3.37. The third-order valence-corrected chi connectivity index (χ3v) is 4.43. The number of hydrogen-bond donors (Lipinski definition) is 1. The molecule has 3 aliphatic rings. The number of hydrogen-bond acceptors (Lipinski definition) is 2. The Morgan fingerprint density at radius 1 is 1.00 bits per heavy atom. The molecule has 2 atom stereocenters. The highest BCUT2D eigenvalue weighted by atomic mass is 15.2. The molecule has 3 fully saturated rings. The van der Waals surface area contributed by atoms with Crippen molar-refractivity contribution in [1.82, 2.24) is 10.2 Å². The van der Waals surface area contributed by atoms with Gasteiger partial charge in [-0.15, -0.1) is 0 Å². The van der Waals surface area contributed by atoms with E-state index in [9.17, 15) is 0 Å². The molecule has 2 nitrogen and oxygen atoms in total. The standard InChI is InChI=1S/C12H22N2/c1-2-4-12-9-14(8-11(12)3-1)7-10-5-13-6-10/h10-13H,1-9H2. The van der Waals surface area contributed by atoms with Crippen LogP contribution in [0.15, 0.2) is 0 Å². The van der Waals surface area contributed by atoms with Gasteiger partial charge in [-0.1, -0.05) is 12.8 Å². The molecule has 2 heterocycles. The maximum Gasteiger partial charge on any atom is 0.00342 e. The van der Waals surface area contributed by atoms with Gasteiger partial charge in [-0.05, 0) is 30.6 Å². The summed E-state index contributed by atoms with van der Waals surface area (Å²) in [4.78, 5) is 2.74. The van der Waals surface area contributed by atoms with E-state index >= 15 is 0 Å². The molecule has 1 aliphatic carbocycles. The minimum absolute atomic E-state index is 0.968. The topological polar surface area (TPSA) is 15.3 Å². The summed E-state index contributed by atoms with van der Waals surface area (Å²) < 4.78 is 0. The molecule has 0 radical (unpaired) electrons. The molecule has 1 saturated carbocycles. The summed E-state index contributed by atoms with van der Waals surface area (Å²) in [6, 6.07) is 0. The largest absolute Gasteiger partial charge is 0.316 e. The summed E-state index contributed by atoms with van der Waals surface area (Å²) in [7, 11) is 0. The molecule has 0 bridgehead atoms. The summed E-state index contributed by atoms with van der Waals surface area (Å²) >= 11 is 0. The van der Waals surface area contributed by atoms with Crippen molar-refractivity contribution in [2.45, 2.75) is 25.7 Å². The van der Waals surface area contributed by atoms with Gasteiger partial charge in [0.05, 0.1) is 0 Å². The molecule has 0 aromatic rings. The Balaban J connectivity index is 1.52. The minimum Gasteiger partial charge on any atom is -0.316 e. The molecule has 0 aromatic carbocycles. The molecule has 80 valence electrons. The minimum atomic E-state index is 0.968. The lowest BCUT2D eigenvalue weighted by atomic mass is 9.82. The summed E-state index contributed by atoms with van der Waals surface area (Å²) in [5.74, 6) is 3.10. The van der Waals surface area contributed by atoms with Gasteiger partial charge in [-0.2, -0.15) is 0 Å². The summed E-state index contributed by atoms with van der Waals surface area (Å²) in [5.41, 5.74) is 0. The first-order chi connectivity index (χ1) is 6.92. The molecule has 1 N–H and O–H groups in total. The van der Waals surface area contributed by atoms with Gasteiger partial charge >= 0.3 is 0 Å². The van der Waals surface area contributed by atoms with Gasteiger partial charge in [0.2, 0.25) is 0 Å². The highest BCUT2D eigenvalue weighted by molar-refractivity contribution is 4.89. The predicted octanol–water partition coefficient (Wildman–Crippen LogP) is 1.33. The van der Waals surface area contributed by atoms with E-state index in [2.05, 4.69) is 10.2 Å². The van der Waals surface area contributed by atoms with E-state index in [0.717, 1.165) is 17.8 Å². The van der Waals surface area contributed by atoms with Crippen LogP contribution in [0.3, 0.4) is 0 Å². The molecule has 2 saturated heterocycles. The second kappa shape index (κ2) is 3.82. The van der Waals surface area contributed by atoms with E-state index in [1.165, 1.54) is 58.4 Å². The molecular formula is C12H22N2. The first-order valence-electron chi connectivity index (χ1n) is 6.35. The van der Waals surface area contributed by atoms with Crippen LogP contribution < -0.4 is 5.32 Å². The summed E-state index contributed by atoms with van der Waals surface area (Å²) in [6.07, 6.45) is 6.04. The Labute approximate surface area is 87.0 Å². The predicted molar refractivity (Wildman–Crippen MR) is 58.2 cm³/mol. The van der Waals surface area contributed by atoms with E-state index in [1.54, 1.807) is 0 Å². The number of likely N-dealkylation sites (tertiary alicyclic amines) is 1. The Bertz CT molecular complexity index is 186. The summed E-state index contributed by atoms with van der Waals surface area (Å²) in [6.45, 7) is 6.75. The lowest BCUT2D eigenvalue weighted by molar-refractivity contribution is 0.216. The smallest absolute Gasteiger partial charge is 0.00342 e.